The molecule has 0 saturated heterocycles. The van der Waals surface area contributed by atoms with E-state index in [1.54, 1.807) is 12.1 Å². The van der Waals surface area contributed by atoms with Crippen LogP contribution in [-0.2, 0) is 0 Å². The van der Waals surface area contributed by atoms with E-state index in [9.17, 15) is 13.6 Å². The summed E-state index contributed by atoms with van der Waals surface area (Å²) in [6.07, 6.45) is 2.46. The molecule has 0 fully saturated rings. The summed E-state index contributed by atoms with van der Waals surface area (Å²) in [6.45, 7) is 0. The first-order valence-corrected chi connectivity index (χ1v) is 6.93. The molecule has 3 nitrogen and oxygen atoms in total. The van der Waals surface area contributed by atoms with Crippen LogP contribution in [-0.4, -0.2) is 20.0 Å². The zero-order valence-electron chi connectivity index (χ0n) is 12.4. The second-order valence-electron chi connectivity index (χ2n) is 4.53. The molecule has 0 aliphatic rings. The number of hydrogen-bond donors (Lipinski definition) is 0. The van der Waals surface area contributed by atoms with Crippen molar-refractivity contribution >= 4 is 23.5 Å². The Kier molecular flexibility index (Phi) is 5.34. The van der Waals surface area contributed by atoms with Crippen molar-refractivity contribution in [2.75, 3.05) is 14.2 Å². The summed E-state index contributed by atoms with van der Waals surface area (Å²) in [7, 11) is 2.89. The summed E-state index contributed by atoms with van der Waals surface area (Å²) in [6, 6.07) is 6.38. The summed E-state index contributed by atoms with van der Waals surface area (Å²) in [5.41, 5.74) is -0.0759. The molecule has 0 aliphatic heterocycles. The Labute approximate surface area is 137 Å². The molecule has 2 rings (SSSR count). The van der Waals surface area contributed by atoms with E-state index in [1.165, 1.54) is 26.4 Å². The van der Waals surface area contributed by atoms with Crippen molar-refractivity contribution in [2.45, 2.75) is 0 Å². The monoisotopic (exact) mass is 338 g/mol. The van der Waals surface area contributed by atoms with Crippen molar-refractivity contribution in [3.8, 4) is 11.5 Å². The molecule has 0 amide bonds. The van der Waals surface area contributed by atoms with E-state index in [2.05, 4.69) is 0 Å². The van der Waals surface area contributed by atoms with Gasteiger partial charge in [-0.3, -0.25) is 4.79 Å². The molecule has 0 atom stereocenters. The molecule has 0 heterocycles. The van der Waals surface area contributed by atoms with Gasteiger partial charge in [-0.2, -0.15) is 0 Å². The maximum Gasteiger partial charge on any atom is 0.191 e. The standard InChI is InChI=1S/C17H13ClF2O3/c1-22-15-9-10(8-11(18)17(15)23-2)6-7-14(21)16-12(19)4-3-5-13(16)20/h3-9H,1-2H3/b7-6+. The second-order valence-corrected chi connectivity index (χ2v) is 4.94. The molecule has 0 spiro atoms. The smallest absolute Gasteiger partial charge is 0.191 e. The van der Waals surface area contributed by atoms with Crippen molar-refractivity contribution in [3.63, 3.8) is 0 Å². The molecule has 0 radical (unpaired) electrons. The quantitative estimate of drug-likeness (QED) is 0.593. The topological polar surface area (TPSA) is 35.5 Å². The van der Waals surface area contributed by atoms with E-state index in [0.717, 1.165) is 18.2 Å². The minimum Gasteiger partial charge on any atom is -0.493 e. The van der Waals surface area contributed by atoms with Crippen molar-refractivity contribution < 1.29 is 23.0 Å². The predicted molar refractivity (Wildman–Crippen MR) is 84.3 cm³/mol. The van der Waals surface area contributed by atoms with Gasteiger partial charge in [0.2, 0.25) is 0 Å². The molecule has 0 aliphatic carbocycles. The molecule has 0 N–H and O–H groups in total. The molecule has 0 saturated carbocycles. The highest BCUT2D eigenvalue weighted by Gasteiger charge is 2.15. The summed E-state index contributed by atoms with van der Waals surface area (Å²) < 4.78 is 37.4. The highest BCUT2D eigenvalue weighted by molar-refractivity contribution is 6.32. The van der Waals surface area contributed by atoms with Gasteiger partial charge in [0, 0.05) is 0 Å². The lowest BCUT2D eigenvalue weighted by Gasteiger charge is -2.10. The zero-order chi connectivity index (χ0) is 17.0. The molecule has 2 aromatic carbocycles. The molecule has 2 aromatic rings. The van der Waals surface area contributed by atoms with Crippen LogP contribution in [0.4, 0.5) is 8.78 Å². The fourth-order valence-corrected chi connectivity index (χ4v) is 2.32. The van der Waals surface area contributed by atoms with Crippen LogP contribution in [0.5, 0.6) is 11.5 Å². The minimum absolute atomic E-state index is 0.288. The first kappa shape index (κ1) is 17.0. The second kappa shape index (κ2) is 7.24. The van der Waals surface area contributed by atoms with Gasteiger partial charge in [-0.15, -0.1) is 0 Å². The maximum absolute atomic E-state index is 13.6. The summed E-state index contributed by atoms with van der Waals surface area (Å²) in [5.74, 6) is -1.87. The molecular weight excluding hydrogens is 326 g/mol. The summed E-state index contributed by atoms with van der Waals surface area (Å²) in [5, 5.41) is 0.288. The third kappa shape index (κ3) is 3.68. The van der Waals surface area contributed by atoms with Crippen LogP contribution in [0, 0.1) is 11.6 Å². The summed E-state index contributed by atoms with van der Waals surface area (Å²) in [4.78, 5) is 12.0. The third-order valence-electron chi connectivity index (χ3n) is 3.09. The first-order valence-electron chi connectivity index (χ1n) is 6.56. The Hall–Kier alpha value is -2.40. The molecule has 23 heavy (non-hydrogen) atoms. The van der Waals surface area contributed by atoms with Crippen molar-refractivity contribution in [3.05, 3.63) is 64.2 Å². The van der Waals surface area contributed by atoms with E-state index in [0.29, 0.717) is 17.1 Å². The van der Waals surface area contributed by atoms with Gasteiger partial charge in [0.15, 0.2) is 17.3 Å². The lowest BCUT2D eigenvalue weighted by atomic mass is 10.1. The maximum atomic E-state index is 13.6. The van der Waals surface area contributed by atoms with E-state index in [-0.39, 0.29) is 5.02 Å². The Morgan fingerprint density at radius 2 is 1.78 bits per heavy atom. The van der Waals surface area contributed by atoms with E-state index in [1.807, 2.05) is 0 Å². The average Bonchev–Trinajstić information content (AvgIpc) is 2.52. The number of hydrogen-bond acceptors (Lipinski definition) is 3. The van der Waals surface area contributed by atoms with Gasteiger partial charge >= 0.3 is 0 Å². The Bertz CT molecular complexity index is 752. The molecule has 120 valence electrons. The van der Waals surface area contributed by atoms with Crippen molar-refractivity contribution in [1.82, 2.24) is 0 Å². The van der Waals surface area contributed by atoms with Crippen LogP contribution >= 0.6 is 11.6 Å². The highest BCUT2D eigenvalue weighted by atomic mass is 35.5. The Morgan fingerprint density at radius 3 is 2.35 bits per heavy atom. The number of rotatable bonds is 5. The van der Waals surface area contributed by atoms with Crippen LogP contribution in [0.3, 0.4) is 0 Å². The molecule has 0 unspecified atom stereocenters. The molecule has 0 aromatic heterocycles. The normalized spacial score (nSPS) is 10.8. The number of carbonyl (C=O) groups excluding carboxylic acids is 1. The van der Waals surface area contributed by atoms with Gasteiger partial charge < -0.3 is 9.47 Å². The van der Waals surface area contributed by atoms with Crippen molar-refractivity contribution in [2.24, 2.45) is 0 Å². The van der Waals surface area contributed by atoms with E-state index >= 15 is 0 Å². The zero-order valence-corrected chi connectivity index (χ0v) is 13.2. The number of allylic oxidation sites excluding steroid dienone is 1. The van der Waals surface area contributed by atoms with Crippen LogP contribution in [0.1, 0.15) is 15.9 Å². The number of carbonyl (C=O) groups is 1. The fraction of sp³-hybridized carbons (Fsp3) is 0.118. The average molecular weight is 339 g/mol. The molecular formula is C17H13ClF2O3. The van der Waals surface area contributed by atoms with Gasteiger partial charge in [0.25, 0.3) is 0 Å². The summed E-state index contributed by atoms with van der Waals surface area (Å²) >= 11 is 6.05. The number of methoxy groups -OCH3 is 2. The Morgan fingerprint density at radius 1 is 1.13 bits per heavy atom. The van der Waals surface area contributed by atoms with Gasteiger partial charge in [0.1, 0.15) is 11.6 Å². The van der Waals surface area contributed by atoms with Gasteiger partial charge in [-0.25, -0.2) is 8.78 Å². The number of benzene rings is 2. The van der Waals surface area contributed by atoms with Crippen molar-refractivity contribution in [1.29, 1.82) is 0 Å². The minimum atomic E-state index is -0.912. The number of ketones is 1. The van der Waals surface area contributed by atoms with Crippen LogP contribution < -0.4 is 9.47 Å². The molecule has 6 heteroatoms. The molecule has 0 bridgehead atoms. The van der Waals surface area contributed by atoms with Gasteiger partial charge in [-0.1, -0.05) is 23.7 Å². The fourth-order valence-electron chi connectivity index (χ4n) is 2.02. The SMILES string of the molecule is COc1cc(/C=C/C(=O)c2c(F)cccc2F)cc(Cl)c1OC. The lowest BCUT2D eigenvalue weighted by Crippen LogP contribution is -2.02. The van der Waals surface area contributed by atoms with E-state index in [4.69, 9.17) is 21.1 Å². The van der Waals surface area contributed by atoms with Gasteiger partial charge in [-0.05, 0) is 35.9 Å². The van der Waals surface area contributed by atoms with Crippen LogP contribution in [0.2, 0.25) is 5.02 Å². The van der Waals surface area contributed by atoms with Crippen LogP contribution in [0.25, 0.3) is 6.08 Å². The van der Waals surface area contributed by atoms with Gasteiger partial charge in [0.05, 0.1) is 24.8 Å². The largest absolute Gasteiger partial charge is 0.493 e. The third-order valence-corrected chi connectivity index (χ3v) is 3.37. The number of halogens is 3. The Balaban J connectivity index is 2.33. The van der Waals surface area contributed by atoms with E-state index < -0.39 is 23.0 Å². The van der Waals surface area contributed by atoms with Crippen LogP contribution in [0.15, 0.2) is 36.4 Å². The number of ether oxygens (including phenoxy) is 2. The predicted octanol–water partition coefficient (Wildman–Crippen LogP) is 4.53. The first-order chi connectivity index (χ1) is 11.0. The highest BCUT2D eigenvalue weighted by Crippen LogP contribution is 2.36. The lowest BCUT2D eigenvalue weighted by molar-refractivity contribution is 0.104.